The first kappa shape index (κ1) is 11.0. The standard InChI is InChI=1S/C11H12F3Se/c12-11(13,14)8-15-7-3-5-9-4-1-2-6-10(9)15/h1-2,4,6H,3,5,7-8H2. The molecule has 15 heavy (non-hydrogen) atoms. The Morgan fingerprint density at radius 1 is 1.20 bits per heavy atom. The molecular weight excluding hydrogens is 268 g/mol. The van der Waals surface area contributed by atoms with Crippen LogP contribution >= 0.6 is 0 Å². The van der Waals surface area contributed by atoms with Crippen molar-refractivity contribution in [1.82, 2.24) is 0 Å². The summed E-state index contributed by atoms with van der Waals surface area (Å²) in [6.45, 7) is 0. The molecule has 0 aliphatic carbocycles. The fourth-order valence-corrected chi connectivity index (χ4v) is 6.54. The fraction of sp³-hybridized carbons (Fsp3) is 0.455. The van der Waals surface area contributed by atoms with E-state index in [4.69, 9.17) is 0 Å². The molecule has 0 saturated carbocycles. The minimum atomic E-state index is -3.99. The summed E-state index contributed by atoms with van der Waals surface area (Å²) in [6.07, 6.45) is -2.11. The zero-order chi connectivity index (χ0) is 10.9. The first-order chi connectivity index (χ1) is 7.06. The van der Waals surface area contributed by atoms with E-state index in [0.29, 0.717) is 0 Å². The van der Waals surface area contributed by atoms with Gasteiger partial charge in [-0.1, -0.05) is 0 Å². The van der Waals surface area contributed by atoms with E-state index < -0.39 is 25.4 Å². The molecular formula is C11H12F3Se. The van der Waals surface area contributed by atoms with Crippen molar-refractivity contribution >= 4 is 18.4 Å². The minimum absolute atomic E-state index is 0.552. The van der Waals surface area contributed by atoms with Crippen molar-refractivity contribution in [2.24, 2.45) is 0 Å². The molecule has 0 atom stereocenters. The van der Waals surface area contributed by atoms with Gasteiger partial charge >= 0.3 is 91.0 Å². The Hall–Kier alpha value is -0.471. The van der Waals surface area contributed by atoms with Crippen LogP contribution in [0.25, 0.3) is 0 Å². The van der Waals surface area contributed by atoms with Crippen LogP contribution in [-0.2, 0) is 6.42 Å². The normalized spacial score (nSPS) is 17.5. The van der Waals surface area contributed by atoms with Crippen molar-refractivity contribution in [2.75, 3.05) is 0 Å². The predicted octanol–water partition coefficient (Wildman–Crippen LogP) is 2.90. The zero-order valence-electron chi connectivity index (χ0n) is 8.18. The molecule has 0 unspecified atom stereocenters. The quantitative estimate of drug-likeness (QED) is 0.694. The van der Waals surface area contributed by atoms with Crippen LogP contribution in [0, 0.1) is 0 Å². The number of aryl methyl sites for hydroxylation is 1. The van der Waals surface area contributed by atoms with E-state index in [1.54, 1.807) is 0 Å². The molecule has 0 saturated heterocycles. The van der Waals surface area contributed by atoms with E-state index in [-0.39, 0.29) is 0 Å². The van der Waals surface area contributed by atoms with E-state index in [1.165, 1.54) is 0 Å². The summed E-state index contributed by atoms with van der Waals surface area (Å²) < 4.78 is 38.1. The van der Waals surface area contributed by atoms with Gasteiger partial charge in [0.1, 0.15) is 0 Å². The van der Waals surface area contributed by atoms with Gasteiger partial charge < -0.3 is 0 Å². The Morgan fingerprint density at radius 3 is 2.67 bits per heavy atom. The maximum atomic E-state index is 12.4. The van der Waals surface area contributed by atoms with Crippen LogP contribution in [0.15, 0.2) is 24.3 Å². The number of rotatable bonds is 1. The second kappa shape index (κ2) is 4.18. The zero-order valence-corrected chi connectivity index (χ0v) is 9.89. The van der Waals surface area contributed by atoms with Gasteiger partial charge in [-0.3, -0.25) is 0 Å². The predicted molar refractivity (Wildman–Crippen MR) is 55.8 cm³/mol. The van der Waals surface area contributed by atoms with Gasteiger partial charge in [-0.15, -0.1) is 0 Å². The molecule has 83 valence electrons. The second-order valence-corrected chi connectivity index (χ2v) is 8.12. The molecule has 1 heterocycles. The SMILES string of the molecule is FC(F)(F)C[Se]1CCCc2ccccc21. The summed E-state index contributed by atoms with van der Waals surface area (Å²) in [5, 5.41) is 0.237. The van der Waals surface area contributed by atoms with Crippen molar-refractivity contribution < 1.29 is 13.2 Å². The topological polar surface area (TPSA) is 0 Å². The molecule has 0 fully saturated rings. The van der Waals surface area contributed by atoms with Crippen molar-refractivity contribution in [2.45, 2.75) is 29.7 Å². The van der Waals surface area contributed by atoms with Gasteiger partial charge in [-0.2, -0.15) is 0 Å². The monoisotopic (exact) mass is 281 g/mol. The molecule has 0 aromatic heterocycles. The molecule has 1 aromatic rings. The van der Waals surface area contributed by atoms with Gasteiger partial charge in [0, 0.05) is 0 Å². The molecule has 2 rings (SSSR count). The number of fused-ring (bicyclic) bond motifs is 1. The van der Waals surface area contributed by atoms with Gasteiger partial charge in [0.25, 0.3) is 0 Å². The summed E-state index contributed by atoms with van der Waals surface area (Å²) >= 11 is -1.63. The molecule has 1 aliphatic rings. The third-order valence-corrected chi connectivity index (χ3v) is 7.66. The Bertz CT molecular complexity index is 346. The summed E-state index contributed by atoms with van der Waals surface area (Å²) in [6, 6.07) is 7.64. The van der Waals surface area contributed by atoms with Gasteiger partial charge in [-0.05, 0) is 0 Å². The van der Waals surface area contributed by atoms with Crippen LogP contribution in [0.1, 0.15) is 12.0 Å². The Kier molecular flexibility index (Phi) is 3.08. The number of hydrogen-bond acceptors (Lipinski definition) is 0. The molecule has 1 aromatic carbocycles. The number of alkyl halides is 3. The first-order valence-corrected chi connectivity index (χ1v) is 8.16. The fourth-order valence-electron chi connectivity index (χ4n) is 1.89. The van der Waals surface area contributed by atoms with Gasteiger partial charge in [-0.25, -0.2) is 0 Å². The number of benzene rings is 1. The van der Waals surface area contributed by atoms with Crippen LogP contribution in [0.3, 0.4) is 0 Å². The van der Waals surface area contributed by atoms with Crippen molar-refractivity contribution in [3.05, 3.63) is 29.8 Å². The summed E-state index contributed by atoms with van der Waals surface area (Å²) in [5.41, 5.74) is 1.15. The molecule has 1 radical (unpaired) electrons. The summed E-state index contributed by atoms with van der Waals surface area (Å²) in [4.78, 5) is 0. The first-order valence-electron chi connectivity index (χ1n) is 4.88. The number of hydrogen-bond donors (Lipinski definition) is 0. The Labute approximate surface area is 91.4 Å². The van der Waals surface area contributed by atoms with E-state index in [0.717, 1.165) is 28.2 Å². The van der Waals surface area contributed by atoms with E-state index in [2.05, 4.69) is 0 Å². The van der Waals surface area contributed by atoms with Crippen molar-refractivity contribution in [1.29, 1.82) is 0 Å². The van der Waals surface area contributed by atoms with E-state index >= 15 is 0 Å². The Balaban J connectivity index is 2.22. The van der Waals surface area contributed by atoms with E-state index in [9.17, 15) is 13.2 Å². The second-order valence-electron chi connectivity index (χ2n) is 3.67. The summed E-state index contributed by atoms with van der Waals surface area (Å²) in [5.74, 6) is 0. The molecule has 4 heteroatoms. The molecule has 0 N–H and O–H groups in total. The van der Waals surface area contributed by atoms with Gasteiger partial charge in [0.2, 0.25) is 0 Å². The molecule has 0 nitrogen and oxygen atoms in total. The van der Waals surface area contributed by atoms with Crippen LogP contribution < -0.4 is 4.46 Å². The Morgan fingerprint density at radius 2 is 1.93 bits per heavy atom. The molecule has 0 spiro atoms. The van der Waals surface area contributed by atoms with Crippen molar-refractivity contribution in [3.8, 4) is 0 Å². The average molecular weight is 280 g/mol. The molecule has 1 aliphatic heterocycles. The van der Waals surface area contributed by atoms with Gasteiger partial charge in [0.15, 0.2) is 0 Å². The van der Waals surface area contributed by atoms with Crippen LogP contribution in [-0.4, -0.2) is 20.1 Å². The maximum absolute atomic E-state index is 12.4. The number of halogens is 3. The van der Waals surface area contributed by atoms with Crippen LogP contribution in [0.5, 0.6) is 0 Å². The molecule has 0 bridgehead atoms. The summed E-state index contributed by atoms with van der Waals surface area (Å²) in [7, 11) is 0. The van der Waals surface area contributed by atoms with Crippen LogP contribution in [0.4, 0.5) is 13.2 Å². The third-order valence-electron chi connectivity index (χ3n) is 2.46. The van der Waals surface area contributed by atoms with E-state index in [1.807, 2.05) is 24.3 Å². The molecule has 0 amide bonds. The van der Waals surface area contributed by atoms with Gasteiger partial charge in [0.05, 0.1) is 0 Å². The van der Waals surface area contributed by atoms with Crippen LogP contribution in [0.2, 0.25) is 10.6 Å². The van der Waals surface area contributed by atoms with Crippen molar-refractivity contribution in [3.63, 3.8) is 0 Å². The third kappa shape index (κ3) is 2.76. The average Bonchev–Trinajstić information content (AvgIpc) is 2.16.